The van der Waals surface area contributed by atoms with Gasteiger partial charge in [0, 0.05) is 0 Å². The van der Waals surface area contributed by atoms with Crippen molar-refractivity contribution in [2.24, 2.45) is 0 Å². The van der Waals surface area contributed by atoms with E-state index >= 15 is 0 Å². The van der Waals surface area contributed by atoms with Gasteiger partial charge in [0.05, 0.1) is 13.3 Å². The second kappa shape index (κ2) is 2.08. The highest BCUT2D eigenvalue weighted by Gasteiger charge is 2.08. The van der Waals surface area contributed by atoms with E-state index in [1.54, 1.807) is 0 Å². The predicted molar refractivity (Wildman–Crippen MR) is 38.6 cm³/mol. The lowest BCUT2D eigenvalue weighted by Gasteiger charge is -1.97. The monoisotopic (exact) mass is 107 g/mol. The third kappa shape index (κ3) is 0.943. The van der Waals surface area contributed by atoms with E-state index < -0.39 is 0 Å². The molecule has 8 heavy (non-hydrogen) atoms. The molecule has 0 aromatic heterocycles. The molecule has 1 heterocycles. The number of allylic oxidation sites excluding steroid dienone is 2. The lowest BCUT2D eigenvalue weighted by molar-refractivity contribution is -0.307. The molecule has 0 atom stereocenters. The zero-order valence-corrected chi connectivity index (χ0v) is 4.26. The van der Waals surface area contributed by atoms with Crippen LogP contribution in [0.1, 0.15) is 6.92 Å². The molecule has 0 N–H and O–H groups in total. The topological polar surface area (TPSA) is 3.01 Å². The van der Waals surface area contributed by atoms with Gasteiger partial charge in [0.15, 0.2) is 6.08 Å². The Bertz CT molecular complexity index is 129. The lowest BCUT2D eigenvalue weighted by Crippen LogP contribution is -2.10. The fourth-order valence-electron chi connectivity index (χ4n) is 0.448. The maximum Gasteiger partial charge on any atom is 0.261 e. The molecule has 0 saturated heterocycles. The van der Waals surface area contributed by atoms with E-state index in [1.807, 2.05) is 0 Å². The Labute approximate surface area is 51.1 Å². The first kappa shape index (κ1) is 5.48. The molecule has 0 fully saturated rings. The summed E-state index contributed by atoms with van der Waals surface area (Å²) in [6, 6.07) is 0. The summed E-state index contributed by atoms with van der Waals surface area (Å²) in [6.45, 7) is 2.15. The molecule has 0 amide bonds. The van der Waals surface area contributed by atoms with Crippen LogP contribution >= 0.6 is 0 Å². The molecular formula is C6H10BN+. The number of nitrogens with zero attached hydrogens (tertiary/aromatic N) is 1. The summed E-state index contributed by atoms with van der Waals surface area (Å²) < 4.78 is 2.33. The summed E-state index contributed by atoms with van der Waals surface area (Å²) >= 11 is 0. The quantitative estimate of drug-likeness (QED) is 0.294. The normalized spacial score (nSPS) is 18.8. The summed E-state index contributed by atoms with van der Waals surface area (Å²) in [5.74, 6) is 0. The Morgan fingerprint density at radius 1 is 1.75 bits per heavy atom. The van der Waals surface area contributed by atoms with E-state index in [9.17, 15) is 0 Å². The molecule has 0 bridgehead atoms. The second-order valence-corrected chi connectivity index (χ2v) is 1.47. The van der Waals surface area contributed by atoms with Gasteiger partial charge in [-0.3, -0.25) is 0 Å². The van der Waals surface area contributed by atoms with Crippen LogP contribution in [-0.4, -0.2) is 18.7 Å². The van der Waals surface area contributed by atoms with Gasteiger partial charge in [-0.25, -0.2) is 0 Å². The van der Waals surface area contributed by atoms with Crippen molar-refractivity contribution < 1.29 is 4.49 Å². The molecular weight excluding hydrogens is 96.9 g/mol. The Morgan fingerprint density at radius 3 is 2.88 bits per heavy atom. The third-order valence-corrected chi connectivity index (χ3v) is 0.813. The van der Waals surface area contributed by atoms with Gasteiger partial charge in [-0.15, -0.1) is 0 Å². The van der Waals surface area contributed by atoms with E-state index in [0.717, 1.165) is 0 Å². The smallest absolute Gasteiger partial charge is 0.261 e. The number of hydrogen-bond donors (Lipinski definition) is 0. The highest BCUT2D eigenvalue weighted by atomic mass is 14.9. The maximum atomic E-state index is 2.33. The molecule has 0 aromatic carbocycles. The fraction of sp³-hybridized carbons (Fsp3) is 0.167. The van der Waals surface area contributed by atoms with Crippen LogP contribution in [0.2, 0.25) is 0 Å². The average molecular weight is 107 g/mol. The standard InChI is InChI=1S/C6H10BN/c1-6-4-2-3-5-8(6)7/h2-5H,1,7H3/q+1. The van der Waals surface area contributed by atoms with E-state index in [2.05, 4.69) is 36.5 Å². The van der Waals surface area contributed by atoms with Crippen molar-refractivity contribution in [1.82, 2.24) is 0 Å². The van der Waals surface area contributed by atoms with Crippen molar-refractivity contribution in [2.45, 2.75) is 6.92 Å². The first-order valence-electron chi connectivity index (χ1n) is 2.27. The Hall–Kier alpha value is -0.655. The molecule has 41 valence electrons. The number of hydrogen-bond acceptors (Lipinski definition) is 0. The van der Waals surface area contributed by atoms with E-state index in [0.29, 0.717) is 7.98 Å². The zero-order valence-electron chi connectivity index (χ0n) is 4.26. The maximum absolute atomic E-state index is 2.33. The van der Waals surface area contributed by atoms with Gasteiger partial charge in [-0.2, -0.15) is 0 Å². The van der Waals surface area contributed by atoms with Gasteiger partial charge in [-0.1, -0.05) is 0 Å². The second-order valence-electron chi connectivity index (χ2n) is 1.47. The molecule has 1 radical (unpaired) electrons. The van der Waals surface area contributed by atoms with Gasteiger partial charge in [0.25, 0.3) is 7.98 Å². The highest BCUT2D eigenvalue weighted by molar-refractivity contribution is 5.99. The summed E-state index contributed by atoms with van der Waals surface area (Å²) in [4.78, 5) is 0. The van der Waals surface area contributed by atoms with Crippen molar-refractivity contribution >= 4 is 14.2 Å². The molecule has 0 saturated carbocycles. The van der Waals surface area contributed by atoms with Gasteiger partial charge >= 0.3 is 0 Å². The van der Waals surface area contributed by atoms with Crippen LogP contribution in [0.5, 0.6) is 0 Å². The van der Waals surface area contributed by atoms with Crippen LogP contribution in [0.4, 0.5) is 0 Å². The van der Waals surface area contributed by atoms with Crippen molar-refractivity contribution in [3.05, 3.63) is 24.6 Å². The molecule has 1 rings (SSSR count). The van der Waals surface area contributed by atoms with Crippen LogP contribution in [-0.2, 0) is 0 Å². The van der Waals surface area contributed by atoms with Crippen molar-refractivity contribution in [1.29, 1.82) is 0 Å². The SMILES string of the molecule is [BH3-][N+]1=C[CH][CH+]C=C1C. The van der Waals surface area contributed by atoms with Crippen LogP contribution in [0.25, 0.3) is 0 Å². The van der Waals surface area contributed by atoms with Gasteiger partial charge in [0.1, 0.15) is 12.6 Å². The van der Waals surface area contributed by atoms with E-state index in [4.69, 9.17) is 0 Å². The van der Waals surface area contributed by atoms with Gasteiger partial charge < -0.3 is 4.49 Å². The van der Waals surface area contributed by atoms with Crippen molar-refractivity contribution in [3.63, 3.8) is 0 Å². The summed E-state index contributed by atoms with van der Waals surface area (Å²) in [5, 5.41) is 0. The Morgan fingerprint density at radius 2 is 2.50 bits per heavy atom. The van der Waals surface area contributed by atoms with Crippen LogP contribution in [0.15, 0.2) is 11.8 Å². The molecule has 0 aliphatic carbocycles. The van der Waals surface area contributed by atoms with E-state index in [1.165, 1.54) is 5.70 Å². The average Bonchev–Trinajstić information content (AvgIpc) is 1.77. The Balaban J connectivity index is 2.73. The minimum atomic E-state index is 0.337. The van der Waals surface area contributed by atoms with Crippen molar-refractivity contribution in [2.75, 3.05) is 0 Å². The summed E-state index contributed by atoms with van der Waals surface area (Å²) in [5.41, 5.74) is 1.40. The molecule has 1 aliphatic heterocycles. The van der Waals surface area contributed by atoms with Crippen LogP contribution < -0.4 is 0 Å². The lowest BCUT2D eigenvalue weighted by atomic mass is 10.2. The van der Waals surface area contributed by atoms with Crippen LogP contribution in [0.3, 0.4) is 0 Å². The molecule has 0 aromatic rings. The summed E-state index contributed by atoms with van der Waals surface area (Å²) in [6.07, 6.45) is 8.45. The minimum Gasteiger partial charge on any atom is -0.351 e. The molecule has 0 unspecified atom stereocenters. The number of rotatable bonds is 0. The van der Waals surface area contributed by atoms with E-state index in [-0.39, 0.29) is 0 Å². The minimum absolute atomic E-state index is 0.337. The largest absolute Gasteiger partial charge is 0.351 e. The summed E-state index contributed by atoms with van der Waals surface area (Å²) in [7, 11) is 0.337. The highest BCUT2D eigenvalue weighted by Crippen LogP contribution is 2.00. The zero-order chi connectivity index (χ0) is 5.98. The van der Waals surface area contributed by atoms with Gasteiger partial charge in [0.2, 0.25) is 5.70 Å². The fourth-order valence-corrected chi connectivity index (χ4v) is 0.448. The molecule has 2 heteroatoms. The molecule has 0 spiro atoms. The van der Waals surface area contributed by atoms with Crippen molar-refractivity contribution in [3.8, 4) is 0 Å². The first-order valence-corrected chi connectivity index (χ1v) is 2.27. The first-order chi connectivity index (χ1) is 3.80. The Kier molecular flexibility index (Phi) is 1.42. The molecule has 1 nitrogen and oxygen atoms in total. The third-order valence-electron chi connectivity index (χ3n) is 0.813. The molecule has 1 aliphatic rings. The van der Waals surface area contributed by atoms with Gasteiger partial charge in [-0.05, 0) is 0 Å². The van der Waals surface area contributed by atoms with Crippen LogP contribution in [0, 0.1) is 12.8 Å². The predicted octanol–water partition coefficient (Wildman–Crippen LogP) is -0.324.